The number of benzene rings is 1. The van der Waals surface area contributed by atoms with E-state index in [2.05, 4.69) is 15.0 Å². The molecule has 2 heterocycles. The van der Waals surface area contributed by atoms with Crippen molar-refractivity contribution in [1.29, 1.82) is 0 Å². The van der Waals surface area contributed by atoms with E-state index < -0.39 is 0 Å². The maximum atomic E-state index is 12.3. The number of methoxy groups -OCH3 is 2. The van der Waals surface area contributed by atoms with Crippen LogP contribution in [0.1, 0.15) is 5.56 Å². The van der Waals surface area contributed by atoms with Gasteiger partial charge in [0, 0.05) is 38.3 Å². The van der Waals surface area contributed by atoms with E-state index >= 15 is 0 Å². The third kappa shape index (κ3) is 4.27. The van der Waals surface area contributed by atoms with Gasteiger partial charge >= 0.3 is 0 Å². The summed E-state index contributed by atoms with van der Waals surface area (Å²) >= 11 is 0. The van der Waals surface area contributed by atoms with Crippen LogP contribution in [0.2, 0.25) is 0 Å². The highest BCUT2D eigenvalue weighted by atomic mass is 16.5. The van der Waals surface area contributed by atoms with Gasteiger partial charge in [-0.15, -0.1) is 0 Å². The first-order chi connectivity index (χ1) is 12.2. The number of rotatable bonds is 6. The summed E-state index contributed by atoms with van der Waals surface area (Å²) < 4.78 is 12.3. The first-order valence-corrected chi connectivity index (χ1v) is 8.23. The molecule has 1 aromatic carbocycles. The summed E-state index contributed by atoms with van der Waals surface area (Å²) in [6.45, 7) is 4.07. The van der Waals surface area contributed by atoms with Crippen molar-refractivity contribution >= 4 is 5.91 Å². The second-order valence-corrected chi connectivity index (χ2v) is 5.93. The maximum Gasteiger partial charge on any atom is 0.244 e. The van der Waals surface area contributed by atoms with Crippen LogP contribution in [0.15, 0.2) is 30.9 Å². The van der Waals surface area contributed by atoms with Gasteiger partial charge in [-0.25, -0.2) is 9.67 Å². The van der Waals surface area contributed by atoms with E-state index in [1.54, 1.807) is 25.2 Å². The summed E-state index contributed by atoms with van der Waals surface area (Å²) in [4.78, 5) is 20.3. The predicted octanol–water partition coefficient (Wildman–Crippen LogP) is 0.640. The lowest BCUT2D eigenvalue weighted by Crippen LogP contribution is -2.49. The third-order valence-corrected chi connectivity index (χ3v) is 4.37. The van der Waals surface area contributed by atoms with Crippen molar-refractivity contribution in [3.05, 3.63) is 36.4 Å². The number of carbonyl (C=O) groups excluding carboxylic acids is 1. The minimum absolute atomic E-state index is 0.0733. The van der Waals surface area contributed by atoms with Crippen LogP contribution < -0.4 is 9.47 Å². The number of nitrogens with zero attached hydrogens (tertiary/aromatic N) is 5. The Morgan fingerprint density at radius 3 is 2.60 bits per heavy atom. The lowest BCUT2D eigenvalue weighted by atomic mass is 10.1. The summed E-state index contributed by atoms with van der Waals surface area (Å²) in [5.74, 6) is 1.74. The standard InChI is InChI=1S/C17H23N5O3/c1-24-15-3-4-16(25-2)14(9-15)10-20-5-7-21(8-6-20)17(23)11-22-13-18-12-19-22/h3-4,9,12-13H,5-8,10-11H2,1-2H3. The molecular weight excluding hydrogens is 322 g/mol. The zero-order valence-corrected chi connectivity index (χ0v) is 14.6. The van der Waals surface area contributed by atoms with Gasteiger partial charge in [-0.05, 0) is 18.2 Å². The summed E-state index contributed by atoms with van der Waals surface area (Å²) in [6.07, 6.45) is 3.00. The molecule has 8 nitrogen and oxygen atoms in total. The molecule has 0 bridgehead atoms. The van der Waals surface area contributed by atoms with E-state index in [4.69, 9.17) is 9.47 Å². The van der Waals surface area contributed by atoms with Crippen LogP contribution in [0, 0.1) is 0 Å². The summed E-state index contributed by atoms with van der Waals surface area (Å²) in [5, 5.41) is 3.98. The monoisotopic (exact) mass is 345 g/mol. The molecule has 0 radical (unpaired) electrons. The van der Waals surface area contributed by atoms with E-state index in [0.29, 0.717) is 13.1 Å². The number of ether oxygens (including phenoxy) is 2. The molecule has 0 saturated carbocycles. The SMILES string of the molecule is COc1ccc(OC)c(CN2CCN(C(=O)Cn3cncn3)CC2)c1. The summed E-state index contributed by atoms with van der Waals surface area (Å²) in [6, 6.07) is 5.82. The quantitative estimate of drug-likeness (QED) is 0.765. The Morgan fingerprint density at radius 1 is 1.16 bits per heavy atom. The third-order valence-electron chi connectivity index (χ3n) is 4.37. The molecule has 1 saturated heterocycles. The Labute approximate surface area is 147 Å². The molecule has 0 unspecified atom stereocenters. The van der Waals surface area contributed by atoms with Crippen LogP contribution in [-0.2, 0) is 17.9 Å². The van der Waals surface area contributed by atoms with Gasteiger partial charge in [0.25, 0.3) is 0 Å². The average Bonchev–Trinajstić information content (AvgIpc) is 3.15. The average molecular weight is 345 g/mol. The second kappa shape index (κ2) is 7.98. The summed E-state index contributed by atoms with van der Waals surface area (Å²) in [5.41, 5.74) is 1.09. The van der Waals surface area contributed by atoms with Crippen LogP contribution in [0.5, 0.6) is 11.5 Å². The van der Waals surface area contributed by atoms with Crippen LogP contribution >= 0.6 is 0 Å². The Bertz CT molecular complexity index is 696. The largest absolute Gasteiger partial charge is 0.497 e. The molecule has 2 aromatic rings. The Hall–Kier alpha value is -2.61. The van der Waals surface area contributed by atoms with Gasteiger partial charge < -0.3 is 14.4 Å². The van der Waals surface area contributed by atoms with Crippen molar-refractivity contribution < 1.29 is 14.3 Å². The van der Waals surface area contributed by atoms with Crippen LogP contribution in [0.3, 0.4) is 0 Å². The molecule has 25 heavy (non-hydrogen) atoms. The molecule has 1 aliphatic rings. The van der Waals surface area contributed by atoms with Crippen molar-refractivity contribution in [2.24, 2.45) is 0 Å². The number of aromatic nitrogens is 3. The molecule has 0 N–H and O–H groups in total. The van der Waals surface area contributed by atoms with E-state index in [-0.39, 0.29) is 12.5 Å². The minimum atomic E-state index is 0.0733. The number of carbonyl (C=O) groups is 1. The molecule has 1 amide bonds. The molecule has 134 valence electrons. The van der Waals surface area contributed by atoms with Gasteiger partial charge in [0.05, 0.1) is 14.2 Å². The number of hydrogen-bond donors (Lipinski definition) is 0. The van der Waals surface area contributed by atoms with Crippen molar-refractivity contribution in [3.63, 3.8) is 0 Å². The molecule has 0 aliphatic carbocycles. The molecule has 1 aromatic heterocycles. The number of hydrogen-bond acceptors (Lipinski definition) is 6. The molecular formula is C17H23N5O3. The highest BCUT2D eigenvalue weighted by Gasteiger charge is 2.22. The lowest BCUT2D eigenvalue weighted by molar-refractivity contribution is -0.133. The van der Waals surface area contributed by atoms with Gasteiger partial charge in [-0.2, -0.15) is 5.10 Å². The van der Waals surface area contributed by atoms with Crippen LogP contribution in [0.4, 0.5) is 0 Å². The Balaban J connectivity index is 1.55. The molecule has 8 heteroatoms. The highest BCUT2D eigenvalue weighted by molar-refractivity contribution is 5.76. The van der Waals surface area contributed by atoms with Crippen LogP contribution in [0.25, 0.3) is 0 Å². The van der Waals surface area contributed by atoms with E-state index in [1.807, 2.05) is 23.1 Å². The van der Waals surface area contributed by atoms with E-state index in [9.17, 15) is 4.79 Å². The number of piperazine rings is 1. The number of amides is 1. The van der Waals surface area contributed by atoms with Gasteiger partial charge in [-0.1, -0.05) is 0 Å². The molecule has 1 aliphatic heterocycles. The minimum Gasteiger partial charge on any atom is -0.497 e. The second-order valence-electron chi connectivity index (χ2n) is 5.93. The predicted molar refractivity (Wildman–Crippen MR) is 91.4 cm³/mol. The van der Waals surface area contributed by atoms with Gasteiger partial charge in [0.1, 0.15) is 30.7 Å². The molecule has 3 rings (SSSR count). The normalized spacial score (nSPS) is 15.2. The topological polar surface area (TPSA) is 72.7 Å². The highest BCUT2D eigenvalue weighted by Crippen LogP contribution is 2.25. The first kappa shape index (κ1) is 17.2. The Kier molecular flexibility index (Phi) is 5.49. The zero-order valence-electron chi connectivity index (χ0n) is 14.6. The maximum absolute atomic E-state index is 12.3. The fourth-order valence-corrected chi connectivity index (χ4v) is 2.95. The fourth-order valence-electron chi connectivity index (χ4n) is 2.95. The van der Waals surface area contributed by atoms with Crippen molar-refractivity contribution in [1.82, 2.24) is 24.6 Å². The Morgan fingerprint density at radius 2 is 1.96 bits per heavy atom. The van der Waals surface area contributed by atoms with Gasteiger partial charge in [0.2, 0.25) is 5.91 Å². The van der Waals surface area contributed by atoms with Crippen molar-refractivity contribution in [2.45, 2.75) is 13.1 Å². The molecule has 1 fully saturated rings. The first-order valence-electron chi connectivity index (χ1n) is 8.23. The molecule has 0 atom stereocenters. The van der Waals surface area contributed by atoms with E-state index in [1.165, 1.54) is 6.33 Å². The van der Waals surface area contributed by atoms with E-state index in [0.717, 1.165) is 36.7 Å². The van der Waals surface area contributed by atoms with Crippen molar-refractivity contribution in [3.8, 4) is 11.5 Å². The summed E-state index contributed by atoms with van der Waals surface area (Å²) in [7, 11) is 3.33. The van der Waals surface area contributed by atoms with Gasteiger partial charge in [0.15, 0.2) is 0 Å². The lowest BCUT2D eigenvalue weighted by Gasteiger charge is -2.35. The van der Waals surface area contributed by atoms with Crippen molar-refractivity contribution in [2.75, 3.05) is 40.4 Å². The smallest absolute Gasteiger partial charge is 0.244 e. The van der Waals surface area contributed by atoms with Crippen LogP contribution in [-0.4, -0.2) is 70.9 Å². The zero-order chi connectivity index (χ0) is 17.6. The fraction of sp³-hybridized carbons (Fsp3) is 0.471. The van der Waals surface area contributed by atoms with Gasteiger partial charge in [-0.3, -0.25) is 9.69 Å². The molecule has 0 spiro atoms.